The number of benzene rings is 1. The van der Waals surface area contributed by atoms with Gasteiger partial charge in [-0.25, -0.2) is 4.39 Å². The molecule has 5 heteroatoms. The summed E-state index contributed by atoms with van der Waals surface area (Å²) >= 11 is 0. The first-order chi connectivity index (χ1) is 7.59. The average Bonchev–Trinajstić information content (AvgIpc) is 2.55. The summed E-state index contributed by atoms with van der Waals surface area (Å²) in [5, 5.41) is 13.4. The van der Waals surface area contributed by atoms with Crippen molar-refractivity contribution < 1.29 is 14.3 Å². The second-order valence-electron chi connectivity index (χ2n) is 3.59. The molecule has 84 valence electrons. The first kappa shape index (κ1) is 10.6. The zero-order valence-corrected chi connectivity index (χ0v) is 8.77. The SMILES string of the molecule is Cc1c2cccc(F)c2nn1CCC(=O)O. The molecule has 1 N–H and O–H groups in total. The molecule has 0 radical (unpaired) electrons. The number of halogens is 1. The minimum absolute atomic E-state index is 0.0174. The number of hydrogen-bond acceptors (Lipinski definition) is 2. The number of carboxylic acids is 1. The van der Waals surface area contributed by atoms with Crippen LogP contribution in [0.1, 0.15) is 12.1 Å². The van der Waals surface area contributed by atoms with Crippen LogP contribution in [-0.4, -0.2) is 20.9 Å². The van der Waals surface area contributed by atoms with Gasteiger partial charge in [0, 0.05) is 11.1 Å². The molecule has 0 fully saturated rings. The van der Waals surface area contributed by atoms with Crippen LogP contribution < -0.4 is 0 Å². The van der Waals surface area contributed by atoms with Crippen LogP contribution in [0.5, 0.6) is 0 Å². The number of hydrogen-bond donors (Lipinski definition) is 1. The van der Waals surface area contributed by atoms with Gasteiger partial charge in [0.1, 0.15) is 5.52 Å². The summed E-state index contributed by atoms with van der Waals surface area (Å²) < 4.78 is 14.9. The number of aliphatic carboxylic acids is 1. The lowest BCUT2D eigenvalue weighted by molar-refractivity contribution is -0.137. The Morgan fingerprint density at radius 2 is 2.31 bits per heavy atom. The summed E-state index contributed by atoms with van der Waals surface area (Å²) in [6.07, 6.45) is -0.0174. The molecule has 2 aromatic rings. The van der Waals surface area contributed by atoms with Gasteiger partial charge < -0.3 is 5.11 Å². The van der Waals surface area contributed by atoms with Crippen LogP contribution in [0.15, 0.2) is 18.2 Å². The summed E-state index contributed by atoms with van der Waals surface area (Å²) in [6, 6.07) is 4.74. The summed E-state index contributed by atoms with van der Waals surface area (Å²) in [5.41, 5.74) is 1.08. The highest BCUT2D eigenvalue weighted by molar-refractivity contribution is 5.81. The standard InChI is InChI=1S/C11H11FN2O2/c1-7-8-3-2-4-9(12)11(8)13-14(7)6-5-10(15)16/h2-4H,5-6H2,1H3,(H,15,16). The summed E-state index contributed by atoms with van der Waals surface area (Å²) in [7, 11) is 0. The summed E-state index contributed by atoms with van der Waals surface area (Å²) in [4.78, 5) is 10.5. The van der Waals surface area contributed by atoms with Crippen molar-refractivity contribution in [2.24, 2.45) is 0 Å². The topological polar surface area (TPSA) is 55.1 Å². The Labute approximate surface area is 91.3 Å². The fourth-order valence-electron chi connectivity index (χ4n) is 1.66. The molecule has 0 aliphatic heterocycles. The molecule has 1 heterocycles. The van der Waals surface area contributed by atoms with Gasteiger partial charge in [-0.2, -0.15) is 5.10 Å². The normalized spacial score (nSPS) is 10.9. The highest BCUT2D eigenvalue weighted by Gasteiger charge is 2.11. The molecule has 0 unspecified atom stereocenters. The molecule has 1 aromatic heterocycles. The van der Waals surface area contributed by atoms with Crippen LogP contribution >= 0.6 is 0 Å². The van der Waals surface area contributed by atoms with Gasteiger partial charge in [-0.05, 0) is 13.0 Å². The van der Waals surface area contributed by atoms with Crippen molar-refractivity contribution in [1.29, 1.82) is 0 Å². The van der Waals surface area contributed by atoms with Gasteiger partial charge in [0.2, 0.25) is 0 Å². The van der Waals surface area contributed by atoms with Crippen molar-refractivity contribution in [3.05, 3.63) is 29.7 Å². The molecule has 0 aliphatic carbocycles. The molecule has 16 heavy (non-hydrogen) atoms. The van der Waals surface area contributed by atoms with Gasteiger partial charge in [0.05, 0.1) is 13.0 Å². The molecule has 2 rings (SSSR count). The van der Waals surface area contributed by atoms with E-state index in [1.807, 2.05) is 0 Å². The lowest BCUT2D eigenvalue weighted by Crippen LogP contribution is -2.07. The third kappa shape index (κ3) is 1.76. The van der Waals surface area contributed by atoms with Crippen LogP contribution in [0, 0.1) is 12.7 Å². The maximum atomic E-state index is 13.4. The molecule has 0 saturated carbocycles. The monoisotopic (exact) mass is 222 g/mol. The maximum absolute atomic E-state index is 13.4. The van der Waals surface area contributed by atoms with Crippen LogP contribution in [-0.2, 0) is 11.3 Å². The minimum atomic E-state index is -0.889. The molecule has 4 nitrogen and oxygen atoms in total. The number of fused-ring (bicyclic) bond motifs is 1. The largest absolute Gasteiger partial charge is 0.481 e. The van der Waals surface area contributed by atoms with Gasteiger partial charge in [0.25, 0.3) is 0 Å². The van der Waals surface area contributed by atoms with Crippen molar-refractivity contribution in [3.8, 4) is 0 Å². The quantitative estimate of drug-likeness (QED) is 0.863. The first-order valence-electron chi connectivity index (χ1n) is 4.93. The third-order valence-electron chi connectivity index (χ3n) is 2.52. The summed E-state index contributed by atoms with van der Waals surface area (Å²) in [6.45, 7) is 2.06. The first-order valence-corrected chi connectivity index (χ1v) is 4.93. The van der Waals surface area contributed by atoms with E-state index in [9.17, 15) is 9.18 Å². The summed E-state index contributed by atoms with van der Waals surface area (Å²) in [5.74, 6) is -1.27. The number of aryl methyl sites for hydroxylation is 2. The van der Waals surface area contributed by atoms with Gasteiger partial charge in [-0.1, -0.05) is 12.1 Å². The smallest absolute Gasteiger partial charge is 0.305 e. The highest BCUT2D eigenvalue weighted by atomic mass is 19.1. The Morgan fingerprint density at radius 3 is 2.94 bits per heavy atom. The van der Waals surface area contributed by atoms with E-state index in [0.29, 0.717) is 5.52 Å². The third-order valence-corrected chi connectivity index (χ3v) is 2.52. The Hall–Kier alpha value is -1.91. The van der Waals surface area contributed by atoms with Crippen LogP contribution in [0.25, 0.3) is 10.9 Å². The second-order valence-corrected chi connectivity index (χ2v) is 3.59. The lowest BCUT2D eigenvalue weighted by atomic mass is 10.2. The highest BCUT2D eigenvalue weighted by Crippen LogP contribution is 2.20. The molecule has 0 atom stereocenters. The van der Waals surface area contributed by atoms with Crippen LogP contribution in [0.4, 0.5) is 4.39 Å². The predicted molar refractivity (Wildman–Crippen MR) is 56.7 cm³/mol. The van der Waals surface area contributed by atoms with E-state index in [4.69, 9.17) is 5.11 Å². The van der Waals surface area contributed by atoms with E-state index in [0.717, 1.165) is 11.1 Å². The fraction of sp³-hybridized carbons (Fsp3) is 0.273. The van der Waals surface area contributed by atoms with E-state index in [-0.39, 0.29) is 18.8 Å². The van der Waals surface area contributed by atoms with Crippen molar-refractivity contribution in [3.63, 3.8) is 0 Å². The maximum Gasteiger partial charge on any atom is 0.305 e. The molecule has 0 amide bonds. The van der Waals surface area contributed by atoms with E-state index < -0.39 is 5.97 Å². The van der Waals surface area contributed by atoms with Crippen molar-refractivity contribution in [2.45, 2.75) is 19.9 Å². The Bertz CT molecular complexity index is 548. The average molecular weight is 222 g/mol. The molecular weight excluding hydrogens is 211 g/mol. The van der Waals surface area contributed by atoms with E-state index in [1.54, 1.807) is 19.1 Å². The van der Waals surface area contributed by atoms with Gasteiger partial charge in [-0.3, -0.25) is 9.48 Å². The van der Waals surface area contributed by atoms with E-state index in [2.05, 4.69) is 5.10 Å². The van der Waals surface area contributed by atoms with Crippen LogP contribution in [0.3, 0.4) is 0 Å². The van der Waals surface area contributed by atoms with Crippen molar-refractivity contribution in [2.75, 3.05) is 0 Å². The number of aromatic nitrogens is 2. The van der Waals surface area contributed by atoms with Gasteiger partial charge in [-0.15, -0.1) is 0 Å². The molecule has 0 aliphatic rings. The number of rotatable bonds is 3. The molecule has 1 aromatic carbocycles. The Balaban J connectivity index is 2.44. The number of carboxylic acid groups (broad SMARTS) is 1. The van der Waals surface area contributed by atoms with Crippen LogP contribution in [0.2, 0.25) is 0 Å². The predicted octanol–water partition coefficient (Wildman–Crippen LogP) is 1.96. The fourth-order valence-corrected chi connectivity index (χ4v) is 1.66. The molecule has 0 bridgehead atoms. The Morgan fingerprint density at radius 1 is 1.56 bits per heavy atom. The van der Waals surface area contributed by atoms with Crippen molar-refractivity contribution in [1.82, 2.24) is 9.78 Å². The van der Waals surface area contributed by atoms with Crippen molar-refractivity contribution >= 4 is 16.9 Å². The minimum Gasteiger partial charge on any atom is -0.481 e. The van der Waals surface area contributed by atoms with Gasteiger partial charge >= 0.3 is 5.97 Å². The van der Waals surface area contributed by atoms with Gasteiger partial charge in [0.15, 0.2) is 5.82 Å². The zero-order chi connectivity index (χ0) is 11.7. The number of carbonyl (C=O) groups is 1. The Kier molecular flexibility index (Phi) is 2.60. The van der Waals surface area contributed by atoms with E-state index >= 15 is 0 Å². The second kappa shape index (κ2) is 3.92. The molecule has 0 saturated heterocycles. The lowest BCUT2D eigenvalue weighted by Gasteiger charge is -2.00. The number of nitrogens with zero attached hydrogens (tertiary/aromatic N) is 2. The van der Waals surface area contributed by atoms with E-state index in [1.165, 1.54) is 10.7 Å². The zero-order valence-electron chi connectivity index (χ0n) is 8.77. The molecular formula is C11H11FN2O2. The molecule has 0 spiro atoms.